The van der Waals surface area contributed by atoms with Gasteiger partial charge >= 0.3 is 0 Å². The van der Waals surface area contributed by atoms with Crippen molar-refractivity contribution in [3.05, 3.63) is 239 Å². The number of halogens is 1. The van der Waals surface area contributed by atoms with Gasteiger partial charge in [-0.05, 0) is 155 Å². The predicted molar refractivity (Wildman–Crippen MR) is 433 cm³/mol. The van der Waals surface area contributed by atoms with Crippen molar-refractivity contribution in [1.82, 2.24) is 59.0 Å². The molecule has 3 fully saturated rings. The number of rotatable bonds is 14. The highest BCUT2D eigenvalue weighted by Gasteiger charge is 2.53. The molecule has 0 radical (unpaired) electrons. The molecule has 3 aliphatic carbocycles. The number of benzene rings is 5. The van der Waals surface area contributed by atoms with Gasteiger partial charge in [0.05, 0.1) is 73.0 Å². The van der Waals surface area contributed by atoms with Crippen molar-refractivity contribution in [2.75, 3.05) is 42.1 Å². The highest BCUT2D eigenvalue weighted by atomic mass is 32.2. The molecule has 0 N–H and O–H groups in total. The van der Waals surface area contributed by atoms with E-state index in [0.717, 1.165) is 146 Å². The zero-order valence-corrected chi connectivity index (χ0v) is 64.1. The van der Waals surface area contributed by atoms with Crippen LogP contribution in [0.25, 0.3) is 33.8 Å². The minimum Gasteiger partial charge on any atom is -0.289 e. The summed E-state index contributed by atoms with van der Waals surface area (Å²) in [6.07, 6.45) is 11.7. The minimum absolute atomic E-state index is 0. The highest BCUT2D eigenvalue weighted by Crippen LogP contribution is 2.48. The zero-order valence-electron chi connectivity index (χ0n) is 61.6. The Morgan fingerprint density at radius 3 is 1.24 bits per heavy atom. The number of pyridine rings is 3. The third-order valence-corrected chi connectivity index (χ3v) is 25.5. The van der Waals surface area contributed by atoms with E-state index in [1.54, 1.807) is 74.2 Å². The Bertz CT molecular complexity index is 5570. The average Bonchev–Trinajstić information content (AvgIpc) is 1.58. The Morgan fingerprint density at radius 1 is 0.432 bits per heavy atom. The van der Waals surface area contributed by atoms with Crippen LogP contribution in [0.2, 0.25) is 0 Å². The van der Waals surface area contributed by atoms with Gasteiger partial charge in [-0.15, -0.1) is 11.8 Å². The summed E-state index contributed by atoms with van der Waals surface area (Å²) in [5.74, 6) is 3.34. The van der Waals surface area contributed by atoms with Crippen LogP contribution in [0.1, 0.15) is 124 Å². The molecule has 111 heavy (non-hydrogen) atoms. The molecule has 7 atom stereocenters. The number of hydrogen-bond acceptors (Lipinski definition) is 18. The van der Waals surface area contributed by atoms with Gasteiger partial charge < -0.3 is 0 Å². The first-order valence-corrected chi connectivity index (χ1v) is 40.6. The molecule has 20 rings (SSSR count). The summed E-state index contributed by atoms with van der Waals surface area (Å²) in [7, 11) is 3.75. The van der Waals surface area contributed by atoms with Crippen molar-refractivity contribution in [3.8, 4) is 33.8 Å². The SMILES string of the molecule is C.CN1C(=O)c2c(nn(Cc3ccc(-c4cccc(F)n4)cc3)c2S(=O)c2ccccc2)N2C1=N[C@@H]1CCC[C@@H]12.CSc1c2c(nn1Cc1ccc(-c3cccc(C)n3)cc1)N1C(=N[C@@H]3CCC[C@@H]31)N(C)C2=O.Cc1cccc(-c2ccc(Cn3nc4c(c3Sc3ccccc3)C(=O)N(C)C3=N[C@@H]5CCC[C@@H]5N34)cc2)n1. The fraction of sp³-hybridized carbons (Fsp3) is 0.294. The molecule has 0 saturated heterocycles. The Hall–Kier alpha value is -11.2. The summed E-state index contributed by atoms with van der Waals surface area (Å²) < 4.78 is 33.3. The lowest BCUT2D eigenvalue weighted by molar-refractivity contribution is 0.0853. The first kappa shape index (κ1) is 72.6. The largest absolute Gasteiger partial charge is 0.289 e. The third kappa shape index (κ3) is 13.2. The van der Waals surface area contributed by atoms with Crippen LogP contribution in [0.4, 0.5) is 21.8 Å². The third-order valence-electron chi connectivity index (χ3n) is 22.1. The van der Waals surface area contributed by atoms with Gasteiger partial charge in [-0.25, -0.2) is 28.9 Å². The Morgan fingerprint density at radius 2 is 0.811 bits per heavy atom. The Balaban J connectivity index is 0.000000121. The van der Waals surface area contributed by atoms with E-state index in [1.165, 1.54) is 12.5 Å². The van der Waals surface area contributed by atoms with Gasteiger partial charge in [-0.2, -0.15) is 19.7 Å². The van der Waals surface area contributed by atoms with E-state index < -0.39 is 16.7 Å². The van der Waals surface area contributed by atoms with Crippen LogP contribution < -0.4 is 14.7 Å². The smallest absolute Gasteiger partial charge is 0.267 e. The van der Waals surface area contributed by atoms with Crippen LogP contribution >= 0.6 is 23.5 Å². The van der Waals surface area contributed by atoms with Gasteiger partial charge in [-0.3, -0.25) is 63.1 Å². The fourth-order valence-electron chi connectivity index (χ4n) is 16.8. The van der Waals surface area contributed by atoms with E-state index in [9.17, 15) is 23.0 Å². The summed E-state index contributed by atoms with van der Waals surface area (Å²) in [5, 5.41) is 17.2. The van der Waals surface area contributed by atoms with Crippen molar-refractivity contribution in [2.45, 2.75) is 160 Å². The monoisotopic (exact) mass is 1530 g/mol. The first-order valence-electron chi connectivity index (χ1n) is 37.4. The molecule has 6 aliphatic heterocycles. The molecule has 3 amide bonds. The first-order chi connectivity index (χ1) is 53.6. The van der Waals surface area contributed by atoms with Crippen LogP contribution in [-0.4, -0.2) is 162 Å². The Labute approximate surface area is 654 Å². The number of nitrogens with zero attached hydrogens (tertiary/aromatic N) is 18. The van der Waals surface area contributed by atoms with Crippen molar-refractivity contribution in [3.63, 3.8) is 0 Å². The predicted octanol–water partition coefficient (Wildman–Crippen LogP) is 15.0. The molecule has 5 aromatic carbocycles. The van der Waals surface area contributed by atoms with Gasteiger partial charge in [0.2, 0.25) is 23.8 Å². The molecule has 9 aliphatic rings. The molecule has 0 bridgehead atoms. The standard InChI is InChI=1S/C30H28N6OS.C29H25FN6O2S.C25H26N6OS.CH4/c1-19-8-6-11-23(31-19)21-16-14-20(15-17-21)18-35-29(38-22-9-4-3-5-10-22)26-27(33-35)36-25-13-7-12-24(25)32-30(36)34(2)28(26)37;1-34-27(37)25-26(36-23-11-5-10-22(23)32-29(34)36)33-35(28(25)39(38)20-7-3-2-4-8-20)17-18-13-15-19(16-14-18)21-9-6-12-24(30)31-21;1-15-6-4-7-18(26-15)17-12-10-16(11-13-17)14-30-24(33-3)21-22(28-30)31-20-9-5-8-19(20)27-25(31)29(2)23(21)32;/h3-6,8-11,14-17,24-25H,7,12-13,18H2,1-2H3;2-4,6-9,12-16,22-23H,5,10-11,17H2,1H3;4,6-7,10-13,19-20H,5,8-9,14H2,1-3H3;1H4/t24-,25+;22-,23+,39?;19-,20+;/m111./s1. The normalized spacial score (nSPS) is 20.3. The molecule has 12 heterocycles. The maximum absolute atomic E-state index is 14.0. The summed E-state index contributed by atoms with van der Waals surface area (Å²) >= 11 is 3.18. The van der Waals surface area contributed by atoms with E-state index in [-0.39, 0.29) is 55.4 Å². The van der Waals surface area contributed by atoms with Crippen LogP contribution in [0.15, 0.2) is 228 Å². The molecule has 11 aromatic rings. The number of aryl methyl sites for hydroxylation is 2. The second-order valence-corrected chi connectivity index (χ2v) is 32.4. The zero-order chi connectivity index (χ0) is 75.2. The van der Waals surface area contributed by atoms with E-state index >= 15 is 0 Å². The van der Waals surface area contributed by atoms with Crippen LogP contribution in [0.5, 0.6) is 0 Å². The summed E-state index contributed by atoms with van der Waals surface area (Å²) in [4.78, 5) is 81.9. The molecule has 6 aromatic heterocycles. The van der Waals surface area contributed by atoms with Crippen molar-refractivity contribution in [1.29, 1.82) is 0 Å². The summed E-state index contributed by atoms with van der Waals surface area (Å²) in [6, 6.07) is 62.1. The van der Waals surface area contributed by atoms with Crippen LogP contribution in [-0.2, 0) is 30.4 Å². The number of aromatic nitrogens is 9. The average molecular weight is 1540 g/mol. The van der Waals surface area contributed by atoms with Crippen LogP contribution in [0, 0.1) is 19.8 Å². The number of fused-ring (bicyclic) bond motifs is 15. The number of anilines is 3. The molecular weight excluding hydrogens is 1450 g/mol. The van der Waals surface area contributed by atoms with Gasteiger partial charge in [0.15, 0.2) is 17.5 Å². The lowest BCUT2D eigenvalue weighted by Gasteiger charge is -2.34. The topological polar surface area (TPSA) is 217 Å². The quantitative estimate of drug-likeness (QED) is 0.0730. The van der Waals surface area contributed by atoms with Crippen molar-refractivity contribution in [2.24, 2.45) is 15.0 Å². The lowest BCUT2D eigenvalue weighted by atomic mass is 10.1. The molecule has 562 valence electrons. The van der Waals surface area contributed by atoms with Gasteiger partial charge in [-0.1, -0.05) is 147 Å². The molecular formula is C85H83FN18O4S3. The van der Waals surface area contributed by atoms with E-state index in [4.69, 9.17) is 30.3 Å². The van der Waals surface area contributed by atoms with Crippen molar-refractivity contribution >= 4 is 87.4 Å². The molecule has 3 saturated carbocycles. The van der Waals surface area contributed by atoms with Crippen molar-refractivity contribution < 1.29 is 23.0 Å². The summed E-state index contributed by atoms with van der Waals surface area (Å²) in [5.41, 5.74) is 12.3. The molecule has 1 unspecified atom stereocenters. The number of amides is 3. The minimum atomic E-state index is -1.64. The molecule has 0 spiro atoms. The highest BCUT2D eigenvalue weighted by molar-refractivity contribution is 7.99. The van der Waals surface area contributed by atoms with E-state index in [1.807, 2.05) is 141 Å². The van der Waals surface area contributed by atoms with E-state index in [2.05, 4.69) is 90.3 Å². The van der Waals surface area contributed by atoms with Gasteiger partial charge in [0.25, 0.3) is 17.7 Å². The molecule has 22 nitrogen and oxygen atoms in total. The maximum atomic E-state index is 14.0. The van der Waals surface area contributed by atoms with Gasteiger partial charge in [0.1, 0.15) is 42.6 Å². The lowest BCUT2D eigenvalue weighted by Crippen LogP contribution is -2.51. The summed E-state index contributed by atoms with van der Waals surface area (Å²) in [6.45, 7) is 5.49. The Kier molecular flexibility index (Phi) is 19.6. The second-order valence-electron chi connectivity index (χ2n) is 29.1. The number of carbonyl (C=O) groups is 3. The number of thioether (sulfide) groups is 1. The maximum Gasteiger partial charge on any atom is 0.267 e. The number of carbonyl (C=O) groups excluding carboxylic acids is 3. The fourth-order valence-corrected chi connectivity index (χ4v) is 19.8. The van der Waals surface area contributed by atoms with E-state index in [0.29, 0.717) is 69.8 Å². The number of guanidine groups is 3. The molecule has 26 heteroatoms. The van der Waals surface area contributed by atoms with Gasteiger partial charge in [0, 0.05) is 59.0 Å². The van der Waals surface area contributed by atoms with Crippen LogP contribution in [0.3, 0.4) is 0 Å². The number of hydrogen-bond donors (Lipinski definition) is 0. The number of aliphatic imine (C=N–C) groups is 3. The second kappa shape index (κ2) is 29.9.